The van der Waals surface area contributed by atoms with Crippen LogP contribution < -0.4 is 5.32 Å². The first kappa shape index (κ1) is 13.7. The number of nitrogens with one attached hydrogen (secondary N) is 1. The molecule has 22 heavy (non-hydrogen) atoms. The highest BCUT2D eigenvalue weighted by molar-refractivity contribution is 5.70. The maximum atomic E-state index is 11.1. The Bertz CT molecular complexity index is 816. The Morgan fingerprint density at radius 1 is 1.18 bits per heavy atom. The number of pyridine rings is 1. The van der Waals surface area contributed by atoms with Gasteiger partial charge in [0.1, 0.15) is 5.69 Å². The van der Waals surface area contributed by atoms with Gasteiger partial charge in [-0.1, -0.05) is 5.16 Å². The fourth-order valence-electron chi connectivity index (χ4n) is 1.99. The zero-order valence-corrected chi connectivity index (χ0v) is 11.6. The molecule has 8 heteroatoms. The van der Waals surface area contributed by atoms with Crippen molar-refractivity contribution in [2.45, 2.75) is 0 Å². The molecule has 0 unspecified atom stereocenters. The fourth-order valence-corrected chi connectivity index (χ4v) is 1.99. The van der Waals surface area contributed by atoms with Crippen LogP contribution in [0, 0.1) is 10.1 Å². The van der Waals surface area contributed by atoms with E-state index in [1.165, 1.54) is 6.07 Å². The smallest absolute Gasteiger partial charge is 0.293 e. The van der Waals surface area contributed by atoms with Crippen LogP contribution in [0.4, 0.5) is 11.4 Å². The van der Waals surface area contributed by atoms with E-state index in [1.54, 1.807) is 43.7 Å². The predicted molar refractivity (Wildman–Crippen MR) is 79.2 cm³/mol. The third-order valence-electron chi connectivity index (χ3n) is 3.08. The van der Waals surface area contributed by atoms with Crippen LogP contribution in [0.2, 0.25) is 0 Å². The second-order valence-electron chi connectivity index (χ2n) is 4.40. The van der Waals surface area contributed by atoms with E-state index in [9.17, 15) is 10.1 Å². The molecule has 0 saturated heterocycles. The third kappa shape index (κ3) is 2.49. The first-order chi connectivity index (χ1) is 10.7. The van der Waals surface area contributed by atoms with Crippen molar-refractivity contribution in [2.24, 2.45) is 0 Å². The van der Waals surface area contributed by atoms with E-state index in [0.29, 0.717) is 17.1 Å². The van der Waals surface area contributed by atoms with Gasteiger partial charge in [0, 0.05) is 36.6 Å². The number of nitro groups is 1. The van der Waals surface area contributed by atoms with Gasteiger partial charge in [-0.2, -0.15) is 4.98 Å². The van der Waals surface area contributed by atoms with Crippen LogP contribution in [-0.2, 0) is 0 Å². The number of hydrogen-bond acceptors (Lipinski definition) is 7. The second kappa shape index (κ2) is 5.60. The van der Waals surface area contributed by atoms with Crippen molar-refractivity contribution in [1.29, 1.82) is 0 Å². The fraction of sp³-hybridized carbons (Fsp3) is 0.0714. The van der Waals surface area contributed by atoms with Gasteiger partial charge >= 0.3 is 0 Å². The monoisotopic (exact) mass is 297 g/mol. The molecule has 0 aliphatic heterocycles. The van der Waals surface area contributed by atoms with Crippen LogP contribution in [0.1, 0.15) is 0 Å². The van der Waals surface area contributed by atoms with E-state index < -0.39 is 4.92 Å². The normalized spacial score (nSPS) is 10.4. The Morgan fingerprint density at radius 2 is 1.95 bits per heavy atom. The molecular formula is C14H11N5O3. The van der Waals surface area contributed by atoms with Crippen molar-refractivity contribution < 1.29 is 9.45 Å². The summed E-state index contributed by atoms with van der Waals surface area (Å²) in [5, 5.41) is 17.7. The van der Waals surface area contributed by atoms with Crippen molar-refractivity contribution in [3.05, 3.63) is 52.8 Å². The van der Waals surface area contributed by atoms with Gasteiger partial charge in [0.25, 0.3) is 11.6 Å². The van der Waals surface area contributed by atoms with Crippen LogP contribution in [-0.4, -0.2) is 27.1 Å². The van der Waals surface area contributed by atoms with Gasteiger partial charge in [0.2, 0.25) is 5.82 Å². The minimum Gasteiger partial charge on any atom is -0.383 e. The van der Waals surface area contributed by atoms with Gasteiger partial charge < -0.3 is 9.84 Å². The molecule has 3 aromatic rings. The van der Waals surface area contributed by atoms with Gasteiger partial charge in [-0.05, 0) is 24.3 Å². The van der Waals surface area contributed by atoms with Crippen LogP contribution in [0.5, 0.6) is 0 Å². The summed E-state index contributed by atoms with van der Waals surface area (Å²) in [7, 11) is 1.62. The lowest BCUT2D eigenvalue weighted by Crippen LogP contribution is -1.96. The molecular weight excluding hydrogens is 286 g/mol. The summed E-state index contributed by atoms with van der Waals surface area (Å²) in [6, 6.07) is 8.19. The Morgan fingerprint density at radius 3 is 2.64 bits per heavy atom. The van der Waals surface area contributed by atoms with Gasteiger partial charge in [0.15, 0.2) is 0 Å². The molecule has 1 aromatic carbocycles. The number of aromatic nitrogens is 3. The molecule has 1 N–H and O–H groups in total. The van der Waals surface area contributed by atoms with E-state index in [4.69, 9.17) is 4.52 Å². The topological polar surface area (TPSA) is 107 Å². The number of nitro benzene ring substituents is 1. The van der Waals surface area contributed by atoms with Crippen molar-refractivity contribution >= 4 is 11.4 Å². The molecule has 8 nitrogen and oxygen atoms in total. The van der Waals surface area contributed by atoms with E-state index in [2.05, 4.69) is 20.4 Å². The molecule has 0 atom stereocenters. The Kier molecular flexibility index (Phi) is 3.48. The minimum absolute atomic E-state index is 0.0522. The lowest BCUT2D eigenvalue weighted by Gasteiger charge is -2.02. The van der Waals surface area contributed by atoms with Crippen molar-refractivity contribution in [3.63, 3.8) is 0 Å². The molecule has 110 valence electrons. The number of benzene rings is 1. The van der Waals surface area contributed by atoms with Crippen molar-refractivity contribution in [1.82, 2.24) is 15.1 Å². The first-order valence-corrected chi connectivity index (χ1v) is 6.39. The molecule has 2 heterocycles. The summed E-state index contributed by atoms with van der Waals surface area (Å²) in [5.41, 5.74) is 1.61. The standard InChI is InChI=1S/C14H11N5O3/c1-15-11-3-2-10(8-12(11)19(20)21)14-17-13(18-22-14)9-4-6-16-7-5-9/h2-8,15H,1H3. The van der Waals surface area contributed by atoms with E-state index in [1.807, 2.05) is 0 Å². The molecule has 0 bridgehead atoms. The van der Waals surface area contributed by atoms with Crippen LogP contribution in [0.3, 0.4) is 0 Å². The maximum Gasteiger partial charge on any atom is 0.293 e. The molecule has 2 aromatic heterocycles. The van der Waals surface area contributed by atoms with Gasteiger partial charge in [-0.3, -0.25) is 15.1 Å². The van der Waals surface area contributed by atoms with Gasteiger partial charge in [0.05, 0.1) is 4.92 Å². The average Bonchev–Trinajstić information content (AvgIpc) is 3.05. The van der Waals surface area contributed by atoms with E-state index in [0.717, 1.165) is 5.56 Å². The van der Waals surface area contributed by atoms with Crippen molar-refractivity contribution in [3.8, 4) is 22.8 Å². The molecule has 0 aliphatic rings. The largest absolute Gasteiger partial charge is 0.383 e. The maximum absolute atomic E-state index is 11.1. The minimum atomic E-state index is -0.463. The summed E-state index contributed by atoms with van der Waals surface area (Å²) in [5.74, 6) is 0.621. The summed E-state index contributed by atoms with van der Waals surface area (Å²) >= 11 is 0. The molecule has 3 rings (SSSR count). The molecule has 0 saturated carbocycles. The molecule has 0 amide bonds. The highest BCUT2D eigenvalue weighted by Crippen LogP contribution is 2.30. The van der Waals surface area contributed by atoms with Crippen LogP contribution >= 0.6 is 0 Å². The number of nitrogens with zero attached hydrogens (tertiary/aromatic N) is 4. The number of rotatable bonds is 4. The predicted octanol–water partition coefficient (Wildman–Crippen LogP) is 2.75. The molecule has 0 radical (unpaired) electrons. The molecule has 0 spiro atoms. The lowest BCUT2D eigenvalue weighted by molar-refractivity contribution is -0.383. The lowest BCUT2D eigenvalue weighted by atomic mass is 10.1. The summed E-state index contributed by atoms with van der Waals surface area (Å²) in [4.78, 5) is 18.8. The third-order valence-corrected chi connectivity index (χ3v) is 3.08. The summed E-state index contributed by atoms with van der Waals surface area (Å²) in [6.07, 6.45) is 3.25. The van der Waals surface area contributed by atoms with Gasteiger partial charge in [-0.25, -0.2) is 0 Å². The Labute approximate surface area is 125 Å². The zero-order chi connectivity index (χ0) is 15.5. The number of anilines is 1. The molecule has 0 fully saturated rings. The van der Waals surface area contributed by atoms with Crippen LogP contribution in [0.25, 0.3) is 22.8 Å². The quantitative estimate of drug-likeness (QED) is 0.582. The zero-order valence-electron chi connectivity index (χ0n) is 11.6. The van der Waals surface area contributed by atoms with E-state index >= 15 is 0 Å². The second-order valence-corrected chi connectivity index (χ2v) is 4.40. The summed E-state index contributed by atoms with van der Waals surface area (Å²) < 4.78 is 5.19. The highest BCUT2D eigenvalue weighted by atomic mass is 16.6. The van der Waals surface area contributed by atoms with Gasteiger partial charge in [-0.15, -0.1) is 0 Å². The number of hydrogen-bond donors (Lipinski definition) is 1. The Hall–Kier alpha value is -3.29. The average molecular weight is 297 g/mol. The Balaban J connectivity index is 2.00. The highest BCUT2D eigenvalue weighted by Gasteiger charge is 2.17. The SMILES string of the molecule is CNc1ccc(-c2nc(-c3ccncc3)no2)cc1[N+](=O)[O-]. The summed E-state index contributed by atoms with van der Waals surface area (Å²) in [6.45, 7) is 0. The van der Waals surface area contributed by atoms with Crippen molar-refractivity contribution in [2.75, 3.05) is 12.4 Å². The van der Waals surface area contributed by atoms with Crippen LogP contribution in [0.15, 0.2) is 47.2 Å². The van der Waals surface area contributed by atoms with E-state index in [-0.39, 0.29) is 11.6 Å². The first-order valence-electron chi connectivity index (χ1n) is 6.39. The molecule has 0 aliphatic carbocycles.